The van der Waals surface area contributed by atoms with Gasteiger partial charge < -0.3 is 22.7 Å². The van der Waals surface area contributed by atoms with Gasteiger partial charge >= 0.3 is 0 Å². The first-order valence-electron chi connectivity index (χ1n) is 21.1. The van der Waals surface area contributed by atoms with Crippen LogP contribution in [-0.4, -0.2) is 4.57 Å². The second-order valence-electron chi connectivity index (χ2n) is 15.9. The van der Waals surface area contributed by atoms with Crippen molar-refractivity contribution in [2.75, 3.05) is 0 Å². The molecule has 5 nitrogen and oxygen atoms in total. The van der Waals surface area contributed by atoms with E-state index in [1.165, 1.54) is 0 Å². The largest absolute Gasteiger partial charge is 0.464 e. The van der Waals surface area contributed by atoms with Crippen molar-refractivity contribution in [2.45, 2.75) is 0 Å². The van der Waals surface area contributed by atoms with Crippen molar-refractivity contribution in [3.63, 3.8) is 0 Å². The van der Waals surface area contributed by atoms with Crippen LogP contribution < -0.4 is 47.7 Å². The number of aromatic nitrogens is 1. The summed E-state index contributed by atoms with van der Waals surface area (Å²) in [6.07, 6.45) is 1.65. The van der Waals surface area contributed by atoms with Crippen LogP contribution in [0.25, 0.3) is 38.5 Å². The number of rotatable bonds is 10. The Morgan fingerprint density at radius 1 is 0.312 bits per heavy atom. The highest BCUT2D eigenvalue weighted by molar-refractivity contribution is 7.86. The average Bonchev–Trinajstić information content (AvgIpc) is 3.99. The van der Waals surface area contributed by atoms with Gasteiger partial charge in [0.15, 0.2) is 21.4 Å². The smallest absolute Gasteiger partial charge is 0.171 e. The molecule has 0 N–H and O–H groups in total. The molecule has 11 rings (SSSR count). The first kappa shape index (κ1) is 39.8. The molecule has 0 amide bonds. The summed E-state index contributed by atoms with van der Waals surface area (Å²) < 4.78 is 55.3. The maximum Gasteiger partial charge on any atom is 0.171 e. The van der Waals surface area contributed by atoms with E-state index in [0.29, 0.717) is 26.8 Å². The maximum atomic E-state index is 16.1. The first-order chi connectivity index (χ1) is 31.4. The van der Waals surface area contributed by atoms with E-state index in [1.54, 1.807) is 6.26 Å². The third-order valence-corrected chi connectivity index (χ3v) is 21.5. The average molecular weight is 884 g/mol. The van der Waals surface area contributed by atoms with Crippen LogP contribution >= 0.6 is 21.4 Å². The summed E-state index contributed by atoms with van der Waals surface area (Å²) in [6, 6.07) is 76.3. The van der Waals surface area contributed by atoms with Crippen molar-refractivity contribution < 1.29 is 18.1 Å². The number of furan rings is 1. The number of nitrogens with zero attached hydrogens (tertiary/aromatic N) is 1. The quantitative estimate of drug-likeness (QED) is 0.128. The van der Waals surface area contributed by atoms with Crippen LogP contribution in [-0.2, 0) is 13.7 Å². The Labute approximate surface area is 371 Å². The maximum absolute atomic E-state index is 16.1. The van der Waals surface area contributed by atoms with Gasteiger partial charge in [0.1, 0.15) is 5.58 Å². The normalized spacial score (nSPS) is 13.0. The zero-order valence-electron chi connectivity index (χ0n) is 34.5. The van der Waals surface area contributed by atoms with E-state index in [1.807, 2.05) is 218 Å². The lowest BCUT2D eigenvalue weighted by molar-refractivity contribution is 0.591. The number of fused-ring (bicyclic) bond motifs is 4. The lowest BCUT2D eigenvalue weighted by atomic mass is 10.1. The second kappa shape index (κ2) is 16.0. The van der Waals surface area contributed by atoms with Crippen LogP contribution in [0.4, 0.5) is 0 Å². The zero-order chi connectivity index (χ0) is 43.3. The predicted molar refractivity (Wildman–Crippen MR) is 269 cm³/mol. The van der Waals surface area contributed by atoms with Gasteiger partial charge in [0.2, 0.25) is 0 Å². The molecular weight excluding hydrogens is 844 g/mol. The van der Waals surface area contributed by atoms with Gasteiger partial charge in [-0.3, -0.25) is 0 Å². The molecule has 0 aliphatic carbocycles. The third kappa shape index (κ3) is 6.43. The molecule has 0 radical (unpaired) electrons. The van der Waals surface area contributed by atoms with Gasteiger partial charge in [-0.25, -0.2) is 0 Å². The molecule has 1 unspecified atom stereocenters. The Kier molecular flexibility index (Phi) is 9.94. The molecule has 0 saturated carbocycles. The molecule has 1 atom stereocenters. The van der Waals surface area contributed by atoms with Crippen LogP contribution in [0.2, 0.25) is 0 Å². The SMILES string of the molecule is O=P(c1ccccc1)(c1ccccc1)c1ccc(-n2c3ccc(P(=O)(c4ccccc4)c4ccccc4)cc3c3cc(P(=O)(c4ccccc4)c4ccc5ccoc5c4)ccc32)cc1. The fraction of sp³-hybridized carbons (Fsp3) is 0. The Morgan fingerprint density at radius 3 is 1.06 bits per heavy atom. The lowest BCUT2D eigenvalue weighted by Crippen LogP contribution is -2.25. The van der Waals surface area contributed by atoms with Crippen molar-refractivity contribution in [3.05, 3.63) is 243 Å². The fourth-order valence-electron chi connectivity index (χ4n) is 9.15. The minimum atomic E-state index is -3.48. The molecule has 2 heterocycles. The number of benzene rings is 9. The van der Waals surface area contributed by atoms with E-state index in [-0.39, 0.29) is 0 Å². The molecule has 64 heavy (non-hydrogen) atoms. The van der Waals surface area contributed by atoms with Crippen LogP contribution in [0.1, 0.15) is 0 Å². The minimum Gasteiger partial charge on any atom is -0.464 e. The van der Waals surface area contributed by atoms with Crippen molar-refractivity contribution in [1.82, 2.24) is 4.57 Å². The molecule has 308 valence electrons. The summed E-state index contributed by atoms with van der Waals surface area (Å²) in [5.41, 5.74) is 3.30. The van der Waals surface area contributed by atoms with Gasteiger partial charge in [-0.05, 0) is 78.9 Å². The van der Waals surface area contributed by atoms with Crippen LogP contribution in [0.5, 0.6) is 0 Å². The standard InChI is InChI=1S/C56H40NO4P3/c58-62(43-16-6-1-7-17-43,44-18-8-2-9-19-44)48-30-27-42(28-31-48)57-54-34-32-49(63(59,45-20-10-3-11-21-45)46-22-12-4-13-23-46)38-52(54)53-39-50(33-35-55(53)57)64(60,47-24-14-5-15-25-47)51-29-26-41-36-37-61-56(41)40-51/h1-40H. The Morgan fingerprint density at radius 2 is 0.641 bits per heavy atom. The molecule has 2 aromatic heterocycles. The highest BCUT2D eigenvalue weighted by Crippen LogP contribution is 2.47. The first-order valence-corrected chi connectivity index (χ1v) is 26.3. The fourth-order valence-corrected chi connectivity index (χ4v) is 17.1. The van der Waals surface area contributed by atoms with Crippen molar-refractivity contribution in [1.29, 1.82) is 0 Å². The van der Waals surface area contributed by atoms with E-state index >= 15 is 13.7 Å². The molecule has 8 heteroatoms. The highest BCUT2D eigenvalue weighted by atomic mass is 31.2. The van der Waals surface area contributed by atoms with Gasteiger partial charge in [0, 0.05) is 69.6 Å². The second-order valence-corrected chi connectivity index (χ2v) is 24.2. The molecule has 0 bridgehead atoms. The number of hydrogen-bond donors (Lipinski definition) is 0. The zero-order valence-corrected chi connectivity index (χ0v) is 37.2. The molecular formula is C56H40NO4P3. The van der Waals surface area contributed by atoms with Gasteiger partial charge in [0.05, 0.1) is 17.3 Å². The summed E-state index contributed by atoms with van der Waals surface area (Å²) in [4.78, 5) is 0. The monoisotopic (exact) mass is 883 g/mol. The lowest BCUT2D eigenvalue weighted by Gasteiger charge is -2.21. The van der Waals surface area contributed by atoms with E-state index in [2.05, 4.69) is 22.8 Å². The summed E-state index contributed by atoms with van der Waals surface area (Å²) >= 11 is 0. The van der Waals surface area contributed by atoms with Crippen molar-refractivity contribution >= 4 is 102 Å². The highest BCUT2D eigenvalue weighted by Gasteiger charge is 2.34. The van der Waals surface area contributed by atoms with E-state index in [0.717, 1.165) is 59.4 Å². The van der Waals surface area contributed by atoms with Gasteiger partial charge in [-0.2, -0.15) is 0 Å². The van der Waals surface area contributed by atoms with Crippen LogP contribution in [0.15, 0.2) is 247 Å². The number of hydrogen-bond acceptors (Lipinski definition) is 4. The molecule has 0 aliphatic heterocycles. The molecule has 9 aromatic carbocycles. The summed E-state index contributed by atoms with van der Waals surface area (Å²) in [7, 11) is -10.1. The molecule has 0 aliphatic rings. The molecule has 0 saturated heterocycles. The minimum absolute atomic E-state index is 0.665. The van der Waals surface area contributed by atoms with E-state index < -0.39 is 21.4 Å². The summed E-state index contributed by atoms with van der Waals surface area (Å²) in [6.45, 7) is 0. The molecule has 0 fully saturated rings. The van der Waals surface area contributed by atoms with E-state index in [9.17, 15) is 0 Å². The molecule has 11 aromatic rings. The van der Waals surface area contributed by atoms with Gasteiger partial charge in [0.25, 0.3) is 0 Å². The third-order valence-electron chi connectivity index (χ3n) is 12.3. The van der Waals surface area contributed by atoms with E-state index in [4.69, 9.17) is 4.42 Å². The summed E-state index contributed by atoms with van der Waals surface area (Å²) in [5.74, 6) is 0. The topological polar surface area (TPSA) is 69.3 Å². The Bertz CT molecular complexity index is 3540. The van der Waals surface area contributed by atoms with Crippen molar-refractivity contribution in [3.8, 4) is 5.69 Å². The van der Waals surface area contributed by atoms with Crippen LogP contribution in [0, 0.1) is 0 Å². The van der Waals surface area contributed by atoms with Crippen LogP contribution in [0.3, 0.4) is 0 Å². The Hall–Kier alpha value is -6.99. The van der Waals surface area contributed by atoms with Gasteiger partial charge in [-0.1, -0.05) is 158 Å². The van der Waals surface area contributed by atoms with Crippen molar-refractivity contribution in [2.24, 2.45) is 0 Å². The predicted octanol–water partition coefficient (Wildman–Crippen LogP) is 10.4. The van der Waals surface area contributed by atoms with Gasteiger partial charge in [-0.15, -0.1) is 0 Å². The Balaban J connectivity index is 1.16. The molecule has 0 spiro atoms. The summed E-state index contributed by atoms with van der Waals surface area (Å²) in [5, 5.41) is 9.13.